The molecule has 2 atom stereocenters. The molecule has 0 saturated carbocycles. The van der Waals surface area contributed by atoms with Crippen molar-refractivity contribution in [3.8, 4) is 5.75 Å². The smallest absolute Gasteiger partial charge is 0.305 e. The van der Waals surface area contributed by atoms with E-state index in [2.05, 4.69) is 15.4 Å². The minimum atomic E-state index is -0.466. The van der Waals surface area contributed by atoms with Crippen molar-refractivity contribution >= 4 is 17.6 Å². The summed E-state index contributed by atoms with van der Waals surface area (Å²) in [7, 11) is 1.36. The summed E-state index contributed by atoms with van der Waals surface area (Å²) in [5.41, 5.74) is 0.667. The lowest BCUT2D eigenvalue weighted by atomic mass is 10.2. The molecule has 1 amide bonds. The summed E-state index contributed by atoms with van der Waals surface area (Å²) in [5, 5.41) is 15.2. The SMILES string of the molecule is COC(=O)CCCOc1ccc(NC(=O)C2CC(O)CN2)cc1. The molecule has 2 unspecified atom stereocenters. The van der Waals surface area contributed by atoms with E-state index in [1.807, 2.05) is 0 Å². The largest absolute Gasteiger partial charge is 0.494 e. The van der Waals surface area contributed by atoms with Crippen molar-refractivity contribution in [3.63, 3.8) is 0 Å². The van der Waals surface area contributed by atoms with Gasteiger partial charge in [0.05, 0.1) is 25.9 Å². The minimum absolute atomic E-state index is 0.159. The van der Waals surface area contributed by atoms with Crippen LogP contribution in [0.3, 0.4) is 0 Å². The molecule has 0 aromatic heterocycles. The van der Waals surface area contributed by atoms with Gasteiger partial charge < -0.3 is 25.2 Å². The van der Waals surface area contributed by atoms with Crippen LogP contribution in [-0.2, 0) is 14.3 Å². The van der Waals surface area contributed by atoms with E-state index in [1.54, 1.807) is 24.3 Å². The molecule has 3 N–H and O–H groups in total. The zero-order valence-electron chi connectivity index (χ0n) is 13.1. The highest BCUT2D eigenvalue weighted by Crippen LogP contribution is 2.17. The average molecular weight is 322 g/mol. The van der Waals surface area contributed by atoms with Gasteiger partial charge in [0.1, 0.15) is 5.75 Å². The third-order valence-electron chi connectivity index (χ3n) is 3.57. The number of aliphatic hydroxyl groups excluding tert-OH is 1. The number of ether oxygens (including phenoxy) is 2. The number of esters is 1. The first-order valence-corrected chi connectivity index (χ1v) is 7.60. The monoisotopic (exact) mass is 322 g/mol. The Morgan fingerprint density at radius 1 is 1.35 bits per heavy atom. The Kier molecular flexibility index (Phi) is 6.37. The molecule has 0 bridgehead atoms. The predicted octanol–water partition coefficient (Wildman–Crippen LogP) is 0.680. The highest BCUT2D eigenvalue weighted by molar-refractivity contribution is 5.95. The number of aliphatic hydroxyl groups is 1. The van der Waals surface area contributed by atoms with Gasteiger partial charge in [-0.15, -0.1) is 0 Å². The van der Waals surface area contributed by atoms with Gasteiger partial charge >= 0.3 is 5.97 Å². The second kappa shape index (κ2) is 8.50. The third kappa shape index (κ3) is 5.54. The molecule has 2 rings (SSSR count). The topological polar surface area (TPSA) is 96.9 Å². The zero-order valence-corrected chi connectivity index (χ0v) is 13.1. The van der Waals surface area contributed by atoms with Crippen LogP contribution in [0.25, 0.3) is 0 Å². The fourth-order valence-corrected chi connectivity index (χ4v) is 2.29. The zero-order chi connectivity index (χ0) is 16.7. The molecule has 126 valence electrons. The van der Waals surface area contributed by atoms with Gasteiger partial charge in [-0.3, -0.25) is 9.59 Å². The summed E-state index contributed by atoms with van der Waals surface area (Å²) in [6.07, 6.45) is 0.866. The Labute approximate surface area is 135 Å². The molecule has 1 saturated heterocycles. The van der Waals surface area contributed by atoms with Gasteiger partial charge in [0, 0.05) is 18.7 Å². The molecule has 7 heteroatoms. The number of carbonyl (C=O) groups excluding carboxylic acids is 2. The van der Waals surface area contributed by atoms with Gasteiger partial charge in [-0.2, -0.15) is 0 Å². The molecular formula is C16H22N2O5. The maximum absolute atomic E-state index is 12.0. The van der Waals surface area contributed by atoms with Crippen LogP contribution in [-0.4, -0.2) is 49.4 Å². The molecule has 1 fully saturated rings. The molecule has 0 aliphatic carbocycles. The normalized spacial score (nSPS) is 20.1. The first-order chi connectivity index (χ1) is 11.1. The van der Waals surface area contributed by atoms with E-state index in [-0.39, 0.29) is 17.9 Å². The Morgan fingerprint density at radius 3 is 2.70 bits per heavy atom. The van der Waals surface area contributed by atoms with Gasteiger partial charge in [0.25, 0.3) is 0 Å². The number of carbonyl (C=O) groups is 2. The van der Waals surface area contributed by atoms with Crippen molar-refractivity contribution in [3.05, 3.63) is 24.3 Å². The molecule has 7 nitrogen and oxygen atoms in total. The van der Waals surface area contributed by atoms with Crippen molar-refractivity contribution < 1.29 is 24.2 Å². The van der Waals surface area contributed by atoms with Crippen LogP contribution in [0, 0.1) is 0 Å². The summed E-state index contributed by atoms with van der Waals surface area (Å²) < 4.78 is 10.1. The number of rotatable bonds is 7. The number of amides is 1. The Bertz CT molecular complexity index is 532. The van der Waals surface area contributed by atoms with Gasteiger partial charge in [0.15, 0.2) is 0 Å². The lowest BCUT2D eigenvalue weighted by Crippen LogP contribution is -2.35. The summed E-state index contributed by atoms with van der Waals surface area (Å²) >= 11 is 0. The highest BCUT2D eigenvalue weighted by atomic mass is 16.5. The lowest BCUT2D eigenvalue weighted by Gasteiger charge is -2.11. The molecule has 1 aliphatic rings. The molecular weight excluding hydrogens is 300 g/mol. The highest BCUT2D eigenvalue weighted by Gasteiger charge is 2.27. The van der Waals surface area contributed by atoms with Crippen LogP contribution in [0.2, 0.25) is 0 Å². The molecule has 1 aromatic carbocycles. The Balaban J connectivity index is 1.73. The number of anilines is 1. The Hall–Kier alpha value is -2.12. The number of methoxy groups -OCH3 is 1. The molecule has 23 heavy (non-hydrogen) atoms. The maximum Gasteiger partial charge on any atom is 0.305 e. The first-order valence-electron chi connectivity index (χ1n) is 7.60. The average Bonchev–Trinajstić information content (AvgIpc) is 2.99. The van der Waals surface area contributed by atoms with Crippen molar-refractivity contribution in [1.29, 1.82) is 0 Å². The number of benzene rings is 1. The Morgan fingerprint density at radius 2 is 2.09 bits per heavy atom. The van der Waals surface area contributed by atoms with Crippen molar-refractivity contribution in [2.75, 3.05) is 25.6 Å². The predicted molar refractivity (Wildman–Crippen MR) is 84.2 cm³/mol. The molecule has 1 aliphatic heterocycles. The van der Waals surface area contributed by atoms with E-state index >= 15 is 0 Å². The number of β-amino-alcohol motifs (C(OH)–C–C–N with tert-alkyl or cyclic N) is 1. The van der Waals surface area contributed by atoms with Crippen molar-refractivity contribution in [1.82, 2.24) is 5.32 Å². The van der Waals surface area contributed by atoms with E-state index in [9.17, 15) is 14.7 Å². The van der Waals surface area contributed by atoms with Crippen LogP contribution in [0.15, 0.2) is 24.3 Å². The molecule has 0 radical (unpaired) electrons. The first kappa shape index (κ1) is 17.2. The van der Waals surface area contributed by atoms with Gasteiger partial charge in [0.2, 0.25) is 5.91 Å². The van der Waals surface area contributed by atoms with E-state index in [1.165, 1.54) is 7.11 Å². The summed E-state index contributed by atoms with van der Waals surface area (Å²) in [4.78, 5) is 22.9. The number of hydrogen-bond donors (Lipinski definition) is 3. The summed E-state index contributed by atoms with van der Waals surface area (Å²) in [5.74, 6) is 0.257. The van der Waals surface area contributed by atoms with Crippen molar-refractivity contribution in [2.24, 2.45) is 0 Å². The van der Waals surface area contributed by atoms with Crippen LogP contribution in [0.1, 0.15) is 19.3 Å². The molecule has 1 aromatic rings. The van der Waals surface area contributed by atoms with Crippen LogP contribution < -0.4 is 15.4 Å². The number of nitrogens with one attached hydrogen (secondary N) is 2. The van der Waals surface area contributed by atoms with E-state index in [4.69, 9.17) is 4.74 Å². The second-order valence-corrected chi connectivity index (χ2v) is 5.39. The lowest BCUT2D eigenvalue weighted by molar-refractivity contribution is -0.140. The summed E-state index contributed by atoms with van der Waals surface area (Å²) in [6, 6.07) is 6.65. The van der Waals surface area contributed by atoms with E-state index < -0.39 is 6.10 Å². The standard InChI is InChI=1S/C16H22N2O5/c1-22-15(20)3-2-8-23-13-6-4-11(5-7-13)18-16(21)14-9-12(19)10-17-14/h4-7,12,14,17,19H,2-3,8-10H2,1H3,(H,18,21). The fourth-order valence-electron chi connectivity index (χ4n) is 2.29. The summed E-state index contributed by atoms with van der Waals surface area (Å²) in [6.45, 7) is 0.862. The van der Waals surface area contributed by atoms with E-state index in [0.717, 1.165) is 0 Å². The molecule has 1 heterocycles. The maximum atomic E-state index is 12.0. The van der Waals surface area contributed by atoms with Crippen molar-refractivity contribution in [2.45, 2.75) is 31.4 Å². The fraction of sp³-hybridized carbons (Fsp3) is 0.500. The minimum Gasteiger partial charge on any atom is -0.494 e. The quantitative estimate of drug-likeness (QED) is 0.504. The third-order valence-corrected chi connectivity index (χ3v) is 3.57. The van der Waals surface area contributed by atoms with Gasteiger partial charge in [-0.25, -0.2) is 0 Å². The second-order valence-electron chi connectivity index (χ2n) is 5.39. The van der Waals surface area contributed by atoms with Crippen LogP contribution >= 0.6 is 0 Å². The number of hydrogen-bond acceptors (Lipinski definition) is 6. The van der Waals surface area contributed by atoms with Crippen LogP contribution in [0.5, 0.6) is 5.75 Å². The van der Waals surface area contributed by atoms with Gasteiger partial charge in [-0.05, 0) is 37.1 Å². The van der Waals surface area contributed by atoms with E-state index in [0.29, 0.717) is 43.9 Å². The van der Waals surface area contributed by atoms with Crippen LogP contribution in [0.4, 0.5) is 5.69 Å². The van der Waals surface area contributed by atoms with Gasteiger partial charge in [-0.1, -0.05) is 0 Å². The molecule has 0 spiro atoms.